The lowest BCUT2D eigenvalue weighted by molar-refractivity contribution is -0.343. The van der Waals surface area contributed by atoms with Gasteiger partial charge >= 0.3 is 23.9 Å². The second-order valence-electron chi connectivity index (χ2n) is 3.85. The molecule has 1 rings (SSSR count). The molecule has 0 heterocycles. The fourth-order valence-electron chi connectivity index (χ4n) is 1.17. The maximum atomic E-state index is 13.1. The fourth-order valence-corrected chi connectivity index (χ4v) is 2.09. The predicted molar refractivity (Wildman–Crippen MR) is 66.1 cm³/mol. The summed E-state index contributed by atoms with van der Waals surface area (Å²) in [6.07, 6.45) is -6.64. The van der Waals surface area contributed by atoms with Crippen molar-refractivity contribution in [2.45, 2.75) is 18.0 Å². The van der Waals surface area contributed by atoms with Crippen molar-refractivity contribution in [3.05, 3.63) is 27.2 Å². The first kappa shape index (κ1) is 19.1. The summed E-state index contributed by atoms with van der Waals surface area (Å²) in [5, 5.41) is -0.0114. The molecule has 0 aliphatic heterocycles. The van der Waals surface area contributed by atoms with Crippen LogP contribution in [-0.2, 0) is 4.79 Å². The third kappa shape index (κ3) is 3.36. The number of carbonyl (C=O) groups excluding carboxylic acids is 1. The number of hydrogen-bond acceptors (Lipinski definition) is 1. The van der Waals surface area contributed by atoms with E-state index in [0.717, 1.165) is 17.4 Å². The van der Waals surface area contributed by atoms with Gasteiger partial charge in [-0.15, -0.1) is 0 Å². The van der Waals surface area contributed by atoms with Crippen LogP contribution in [-0.4, -0.2) is 23.9 Å². The van der Waals surface area contributed by atoms with Gasteiger partial charge in [-0.05, 0) is 12.1 Å². The van der Waals surface area contributed by atoms with E-state index in [2.05, 4.69) is 0 Å². The van der Waals surface area contributed by atoms with Crippen molar-refractivity contribution >= 4 is 46.4 Å². The lowest BCUT2D eigenvalue weighted by atomic mass is 10.1. The van der Waals surface area contributed by atoms with Crippen LogP contribution in [0.5, 0.6) is 0 Å². The minimum Gasteiger partial charge on any atom is -0.318 e. The van der Waals surface area contributed by atoms with Crippen LogP contribution in [0.4, 0.5) is 36.4 Å². The number of halogens is 10. The largest absolute Gasteiger partial charge is 0.460 e. The van der Waals surface area contributed by atoms with Gasteiger partial charge in [-0.25, -0.2) is 0 Å². The van der Waals surface area contributed by atoms with Crippen molar-refractivity contribution in [2.75, 3.05) is 5.32 Å². The number of amides is 1. The normalized spacial score (nSPS) is 13.2. The Labute approximate surface area is 133 Å². The van der Waals surface area contributed by atoms with E-state index in [4.69, 9.17) is 34.8 Å². The molecule has 1 N–H and O–H groups in total. The number of alkyl halides is 7. The molecular formula is C10H3Cl3F7NO. The monoisotopic (exact) mass is 391 g/mol. The van der Waals surface area contributed by atoms with Crippen LogP contribution < -0.4 is 5.32 Å². The lowest BCUT2D eigenvalue weighted by Crippen LogP contribution is -2.57. The summed E-state index contributed by atoms with van der Waals surface area (Å²) in [7, 11) is 0. The summed E-state index contributed by atoms with van der Waals surface area (Å²) in [5.41, 5.74) is -0.782. The summed E-state index contributed by atoms with van der Waals surface area (Å²) < 4.78 is 87.5. The molecule has 0 atom stereocenters. The minimum absolute atomic E-state index is 0.0830. The minimum atomic E-state index is -6.64. The molecule has 0 bridgehead atoms. The summed E-state index contributed by atoms with van der Waals surface area (Å²) in [6.45, 7) is 0. The van der Waals surface area contributed by atoms with E-state index in [0.29, 0.717) is 0 Å². The van der Waals surface area contributed by atoms with Crippen molar-refractivity contribution in [1.29, 1.82) is 0 Å². The molecule has 0 aliphatic rings. The van der Waals surface area contributed by atoms with Crippen LogP contribution >= 0.6 is 34.8 Å². The first-order valence-electron chi connectivity index (χ1n) is 5.00. The quantitative estimate of drug-likeness (QED) is 0.684. The zero-order valence-electron chi connectivity index (χ0n) is 9.84. The van der Waals surface area contributed by atoms with Crippen molar-refractivity contribution in [3.8, 4) is 0 Å². The summed E-state index contributed by atoms with van der Waals surface area (Å²) in [5.74, 6) is -15.6. The molecular weight excluding hydrogens is 389 g/mol. The van der Waals surface area contributed by atoms with Gasteiger partial charge in [0.15, 0.2) is 0 Å². The SMILES string of the molecule is O=C(Nc1c(Cl)cc(Cl)cc1Cl)C(F)(F)C(F)(F)C(F)(F)F. The van der Waals surface area contributed by atoms with Crippen molar-refractivity contribution in [2.24, 2.45) is 0 Å². The van der Waals surface area contributed by atoms with E-state index >= 15 is 0 Å². The highest BCUT2D eigenvalue weighted by Gasteiger charge is 2.76. The zero-order chi connectivity index (χ0) is 17.5. The first-order chi connectivity index (χ1) is 9.71. The second-order valence-corrected chi connectivity index (χ2v) is 5.10. The van der Waals surface area contributed by atoms with E-state index in [1.165, 1.54) is 0 Å². The molecule has 12 heteroatoms. The molecule has 0 unspecified atom stereocenters. The number of benzene rings is 1. The van der Waals surface area contributed by atoms with Gasteiger partial charge in [0, 0.05) is 5.02 Å². The molecule has 0 saturated heterocycles. The molecule has 1 aromatic carbocycles. The molecule has 22 heavy (non-hydrogen) atoms. The standard InChI is InChI=1S/C10H3Cl3F7NO/c11-3-1-4(12)6(5(13)2-3)21-7(22)8(14,15)9(16,17)10(18,19)20/h1-2H,(H,21,22). The maximum absolute atomic E-state index is 13.1. The van der Waals surface area contributed by atoms with Gasteiger partial charge in [-0.3, -0.25) is 4.79 Å². The van der Waals surface area contributed by atoms with Gasteiger partial charge in [0.1, 0.15) is 0 Å². The fraction of sp³-hybridized carbons (Fsp3) is 0.300. The smallest absolute Gasteiger partial charge is 0.318 e. The van der Waals surface area contributed by atoms with Crippen LogP contribution in [0, 0.1) is 0 Å². The highest BCUT2D eigenvalue weighted by atomic mass is 35.5. The third-order valence-electron chi connectivity index (χ3n) is 2.28. The molecule has 2 nitrogen and oxygen atoms in total. The second kappa shape index (κ2) is 5.93. The molecule has 0 radical (unpaired) electrons. The molecule has 1 amide bonds. The van der Waals surface area contributed by atoms with E-state index in [1.807, 2.05) is 0 Å². The maximum Gasteiger partial charge on any atom is 0.460 e. The summed E-state index contributed by atoms with van der Waals surface area (Å²) in [6, 6.07) is 1.81. The van der Waals surface area contributed by atoms with Gasteiger partial charge < -0.3 is 5.32 Å². The Morgan fingerprint density at radius 1 is 0.909 bits per heavy atom. The molecule has 0 spiro atoms. The van der Waals surface area contributed by atoms with Crippen LogP contribution in [0.2, 0.25) is 15.1 Å². The van der Waals surface area contributed by atoms with Crippen LogP contribution in [0.15, 0.2) is 12.1 Å². The molecule has 0 fully saturated rings. The van der Waals surface area contributed by atoms with Crippen molar-refractivity contribution in [3.63, 3.8) is 0 Å². The van der Waals surface area contributed by atoms with Gasteiger partial charge in [0.25, 0.3) is 0 Å². The number of anilines is 1. The lowest BCUT2D eigenvalue weighted by Gasteiger charge is -2.27. The topological polar surface area (TPSA) is 29.1 Å². The Balaban J connectivity index is 3.18. The Kier molecular flexibility index (Phi) is 5.16. The predicted octanol–water partition coefficient (Wildman–Crippen LogP) is 5.42. The first-order valence-corrected chi connectivity index (χ1v) is 6.13. The number of hydrogen-bond donors (Lipinski definition) is 1. The Hall–Kier alpha value is -0.930. The van der Waals surface area contributed by atoms with Crippen molar-refractivity contribution in [1.82, 2.24) is 0 Å². The summed E-state index contributed by atoms with van der Waals surface area (Å²) >= 11 is 16.5. The van der Waals surface area contributed by atoms with Crippen LogP contribution in [0.25, 0.3) is 0 Å². The highest BCUT2D eigenvalue weighted by molar-refractivity contribution is 6.42. The number of nitrogens with one attached hydrogen (secondary N) is 1. The van der Waals surface area contributed by atoms with Gasteiger partial charge in [-0.2, -0.15) is 30.7 Å². The number of rotatable bonds is 3. The van der Waals surface area contributed by atoms with E-state index < -0.39 is 39.7 Å². The van der Waals surface area contributed by atoms with E-state index in [1.54, 1.807) is 0 Å². The van der Waals surface area contributed by atoms with Gasteiger partial charge in [0.05, 0.1) is 15.7 Å². The molecule has 0 saturated carbocycles. The Bertz CT molecular complexity index is 580. The Morgan fingerprint density at radius 2 is 1.32 bits per heavy atom. The average Bonchev–Trinajstić information content (AvgIpc) is 2.31. The third-order valence-corrected chi connectivity index (χ3v) is 3.10. The van der Waals surface area contributed by atoms with Crippen molar-refractivity contribution < 1.29 is 35.5 Å². The summed E-state index contributed by atoms with van der Waals surface area (Å²) in [4.78, 5) is 11.1. The van der Waals surface area contributed by atoms with Crippen LogP contribution in [0.3, 0.4) is 0 Å². The molecule has 1 aromatic rings. The average molecular weight is 392 g/mol. The zero-order valence-corrected chi connectivity index (χ0v) is 12.1. The van der Waals surface area contributed by atoms with E-state index in [-0.39, 0.29) is 5.02 Å². The van der Waals surface area contributed by atoms with Crippen LogP contribution in [0.1, 0.15) is 0 Å². The molecule has 0 aromatic heterocycles. The van der Waals surface area contributed by atoms with Gasteiger partial charge in [0.2, 0.25) is 0 Å². The van der Waals surface area contributed by atoms with E-state index in [9.17, 15) is 35.5 Å². The molecule has 124 valence electrons. The Morgan fingerprint density at radius 3 is 1.68 bits per heavy atom. The van der Waals surface area contributed by atoms with Gasteiger partial charge in [-0.1, -0.05) is 34.8 Å². The highest BCUT2D eigenvalue weighted by Crippen LogP contribution is 2.47. The molecule has 0 aliphatic carbocycles. The number of carbonyl (C=O) groups is 1.